The molecule has 98 valence electrons. The second-order valence-electron chi connectivity index (χ2n) is 4.65. The monoisotopic (exact) mass is 274 g/mol. The molecule has 0 aromatic heterocycles. The van der Waals surface area contributed by atoms with Crippen molar-refractivity contribution in [3.63, 3.8) is 0 Å². The maximum atomic E-state index is 13.4. The zero-order valence-electron chi connectivity index (χ0n) is 10.5. The van der Waals surface area contributed by atoms with E-state index in [1.807, 2.05) is 17.8 Å². The van der Waals surface area contributed by atoms with Crippen molar-refractivity contribution in [1.82, 2.24) is 0 Å². The molecule has 0 aliphatic carbocycles. The van der Waals surface area contributed by atoms with Crippen molar-refractivity contribution >= 4 is 11.8 Å². The van der Waals surface area contributed by atoms with Gasteiger partial charge in [0.25, 0.3) is 0 Å². The fraction of sp³-hybridized carbons (Fsp3) is 0.250. The number of halogens is 1. The SMILES string of the molecule is Fc1ccccc1COCC1CSc2ccccc21. The molecular weight excluding hydrogens is 259 g/mol. The Balaban J connectivity index is 1.58. The van der Waals surface area contributed by atoms with Gasteiger partial charge in [0.1, 0.15) is 5.82 Å². The molecule has 3 heteroatoms. The zero-order chi connectivity index (χ0) is 13.1. The van der Waals surface area contributed by atoms with Crippen LogP contribution in [0.15, 0.2) is 53.4 Å². The van der Waals surface area contributed by atoms with Crippen molar-refractivity contribution in [2.75, 3.05) is 12.4 Å². The minimum atomic E-state index is -0.191. The predicted molar refractivity (Wildman–Crippen MR) is 76.0 cm³/mol. The van der Waals surface area contributed by atoms with Gasteiger partial charge in [-0.2, -0.15) is 0 Å². The number of rotatable bonds is 4. The van der Waals surface area contributed by atoms with Crippen LogP contribution in [0.4, 0.5) is 4.39 Å². The standard InChI is InChI=1S/C16H15FOS/c17-15-7-3-1-5-12(15)9-18-10-13-11-19-16-8-4-2-6-14(13)16/h1-8,13H,9-11H2. The molecule has 0 bridgehead atoms. The first-order chi connectivity index (χ1) is 9.34. The van der Waals surface area contributed by atoms with Gasteiger partial charge in [0, 0.05) is 22.1 Å². The fourth-order valence-corrected chi connectivity index (χ4v) is 3.53. The summed E-state index contributed by atoms with van der Waals surface area (Å²) >= 11 is 1.87. The van der Waals surface area contributed by atoms with Gasteiger partial charge in [-0.05, 0) is 17.7 Å². The third-order valence-corrected chi connectivity index (χ3v) is 4.59. The first kappa shape index (κ1) is 12.7. The van der Waals surface area contributed by atoms with Gasteiger partial charge in [0.15, 0.2) is 0 Å². The van der Waals surface area contributed by atoms with E-state index in [4.69, 9.17) is 4.74 Å². The van der Waals surface area contributed by atoms with Crippen LogP contribution < -0.4 is 0 Å². The summed E-state index contributed by atoms with van der Waals surface area (Å²) in [4.78, 5) is 1.35. The van der Waals surface area contributed by atoms with Gasteiger partial charge >= 0.3 is 0 Å². The van der Waals surface area contributed by atoms with Crippen molar-refractivity contribution in [2.24, 2.45) is 0 Å². The molecule has 0 saturated heterocycles. The smallest absolute Gasteiger partial charge is 0.128 e. The highest BCUT2D eigenvalue weighted by Gasteiger charge is 2.22. The molecule has 3 rings (SSSR count). The van der Waals surface area contributed by atoms with Crippen LogP contribution in [0.1, 0.15) is 17.0 Å². The molecule has 0 N–H and O–H groups in total. The molecule has 1 atom stereocenters. The molecule has 0 saturated carbocycles. The van der Waals surface area contributed by atoms with E-state index in [0.29, 0.717) is 24.7 Å². The molecule has 0 spiro atoms. The van der Waals surface area contributed by atoms with Crippen LogP contribution in [0.25, 0.3) is 0 Å². The first-order valence-corrected chi connectivity index (χ1v) is 7.36. The summed E-state index contributed by atoms with van der Waals surface area (Å²) in [6.07, 6.45) is 0. The Morgan fingerprint density at radius 3 is 2.79 bits per heavy atom. The van der Waals surface area contributed by atoms with Gasteiger partial charge in [-0.15, -0.1) is 11.8 Å². The molecule has 1 nitrogen and oxygen atoms in total. The van der Waals surface area contributed by atoms with E-state index in [9.17, 15) is 4.39 Å². The summed E-state index contributed by atoms with van der Waals surface area (Å²) in [7, 11) is 0. The predicted octanol–water partition coefficient (Wildman–Crippen LogP) is 4.23. The molecule has 0 radical (unpaired) electrons. The zero-order valence-corrected chi connectivity index (χ0v) is 11.3. The van der Waals surface area contributed by atoms with Crippen LogP contribution in [-0.4, -0.2) is 12.4 Å². The molecule has 19 heavy (non-hydrogen) atoms. The Morgan fingerprint density at radius 1 is 1.11 bits per heavy atom. The first-order valence-electron chi connectivity index (χ1n) is 6.37. The summed E-state index contributed by atoms with van der Waals surface area (Å²) in [6, 6.07) is 15.2. The maximum absolute atomic E-state index is 13.4. The van der Waals surface area contributed by atoms with E-state index in [1.54, 1.807) is 12.1 Å². The van der Waals surface area contributed by atoms with Crippen molar-refractivity contribution < 1.29 is 9.13 Å². The second kappa shape index (κ2) is 5.76. The highest BCUT2D eigenvalue weighted by Crippen LogP contribution is 2.39. The highest BCUT2D eigenvalue weighted by molar-refractivity contribution is 7.99. The quantitative estimate of drug-likeness (QED) is 0.825. The van der Waals surface area contributed by atoms with Gasteiger partial charge in [0.05, 0.1) is 13.2 Å². The molecule has 2 aromatic carbocycles. The molecular formula is C16H15FOS. The van der Waals surface area contributed by atoms with Crippen LogP contribution >= 0.6 is 11.8 Å². The van der Waals surface area contributed by atoms with Crippen LogP contribution in [-0.2, 0) is 11.3 Å². The third-order valence-electron chi connectivity index (χ3n) is 3.33. The normalized spacial score (nSPS) is 17.4. The van der Waals surface area contributed by atoms with Crippen LogP contribution in [0.2, 0.25) is 0 Å². The van der Waals surface area contributed by atoms with Crippen molar-refractivity contribution in [3.05, 3.63) is 65.5 Å². The molecule has 2 aromatic rings. The van der Waals surface area contributed by atoms with Gasteiger partial charge in [-0.3, -0.25) is 0 Å². The third kappa shape index (κ3) is 2.82. The van der Waals surface area contributed by atoms with Crippen molar-refractivity contribution in [2.45, 2.75) is 17.4 Å². The Bertz CT molecular complexity index is 570. The van der Waals surface area contributed by atoms with E-state index in [1.165, 1.54) is 16.5 Å². The van der Waals surface area contributed by atoms with Gasteiger partial charge in [-0.1, -0.05) is 36.4 Å². The summed E-state index contributed by atoms with van der Waals surface area (Å²) in [5.41, 5.74) is 1.99. The summed E-state index contributed by atoms with van der Waals surface area (Å²) in [5.74, 6) is 1.29. The summed E-state index contributed by atoms with van der Waals surface area (Å²) < 4.78 is 19.1. The fourth-order valence-electron chi connectivity index (χ4n) is 2.29. The molecule has 1 unspecified atom stereocenters. The van der Waals surface area contributed by atoms with Crippen molar-refractivity contribution in [1.29, 1.82) is 0 Å². The Hall–Kier alpha value is -1.32. The lowest BCUT2D eigenvalue weighted by atomic mass is 10.0. The molecule has 1 heterocycles. The van der Waals surface area contributed by atoms with Crippen molar-refractivity contribution in [3.8, 4) is 0 Å². The summed E-state index contributed by atoms with van der Waals surface area (Å²) in [5, 5.41) is 0. The Morgan fingerprint density at radius 2 is 1.89 bits per heavy atom. The Labute approximate surface area is 116 Å². The average molecular weight is 274 g/mol. The number of fused-ring (bicyclic) bond motifs is 1. The number of ether oxygens (including phenoxy) is 1. The van der Waals surface area contributed by atoms with Gasteiger partial charge < -0.3 is 4.74 Å². The minimum absolute atomic E-state index is 0.191. The number of hydrogen-bond donors (Lipinski definition) is 0. The van der Waals surface area contributed by atoms with Gasteiger partial charge in [-0.25, -0.2) is 4.39 Å². The van der Waals surface area contributed by atoms with Gasteiger partial charge in [0.2, 0.25) is 0 Å². The average Bonchev–Trinajstić information content (AvgIpc) is 2.85. The van der Waals surface area contributed by atoms with Crippen LogP contribution in [0.5, 0.6) is 0 Å². The molecule has 1 aliphatic heterocycles. The van der Waals surface area contributed by atoms with E-state index in [0.717, 1.165) is 5.75 Å². The lowest BCUT2D eigenvalue weighted by Gasteiger charge is -2.11. The van der Waals surface area contributed by atoms with E-state index >= 15 is 0 Å². The minimum Gasteiger partial charge on any atom is -0.376 e. The lowest BCUT2D eigenvalue weighted by Crippen LogP contribution is -2.07. The maximum Gasteiger partial charge on any atom is 0.128 e. The summed E-state index contributed by atoms with van der Waals surface area (Å²) in [6.45, 7) is 0.994. The van der Waals surface area contributed by atoms with E-state index in [2.05, 4.69) is 24.3 Å². The van der Waals surface area contributed by atoms with E-state index < -0.39 is 0 Å². The molecule has 1 aliphatic rings. The number of benzene rings is 2. The van der Waals surface area contributed by atoms with Crippen LogP contribution in [0.3, 0.4) is 0 Å². The highest BCUT2D eigenvalue weighted by atomic mass is 32.2. The molecule has 0 amide bonds. The Kier molecular flexibility index (Phi) is 3.85. The second-order valence-corrected chi connectivity index (χ2v) is 5.71. The largest absolute Gasteiger partial charge is 0.376 e. The van der Waals surface area contributed by atoms with E-state index in [-0.39, 0.29) is 5.82 Å². The number of thioether (sulfide) groups is 1. The molecule has 0 fully saturated rings. The topological polar surface area (TPSA) is 9.23 Å². The number of hydrogen-bond acceptors (Lipinski definition) is 2. The lowest BCUT2D eigenvalue weighted by molar-refractivity contribution is 0.109. The van der Waals surface area contributed by atoms with Crippen LogP contribution in [0, 0.1) is 5.82 Å².